The number of nitrogens with zero attached hydrogens (tertiary/aromatic N) is 3. The Morgan fingerprint density at radius 3 is 1.86 bits per heavy atom. The summed E-state index contributed by atoms with van der Waals surface area (Å²) in [4.78, 5) is 10.3. The fraction of sp³-hybridized carbons (Fsp3) is 0. The zero-order valence-electron chi connectivity index (χ0n) is 22.5. The molecule has 0 fully saturated rings. The number of para-hydroxylation sites is 4. The van der Waals surface area contributed by atoms with Crippen LogP contribution in [0.2, 0.25) is 0 Å². The van der Waals surface area contributed by atoms with Crippen molar-refractivity contribution in [3.05, 3.63) is 140 Å². The van der Waals surface area contributed by atoms with Gasteiger partial charge in [-0.15, -0.1) is 11.3 Å². The molecule has 6 aromatic carbocycles. The maximum absolute atomic E-state index is 5.19. The average Bonchev–Trinajstić information content (AvgIpc) is 3.38. The summed E-state index contributed by atoms with van der Waals surface area (Å²) < 4.78 is 4.97. The zero-order chi connectivity index (χ0) is 27.6. The van der Waals surface area contributed by atoms with Gasteiger partial charge < -0.3 is 4.40 Å². The Balaban J connectivity index is 1.44. The van der Waals surface area contributed by atoms with Crippen molar-refractivity contribution in [3.63, 3.8) is 0 Å². The van der Waals surface area contributed by atoms with Crippen LogP contribution >= 0.6 is 11.3 Å². The molecule has 42 heavy (non-hydrogen) atoms. The fourth-order valence-corrected chi connectivity index (χ4v) is 7.39. The van der Waals surface area contributed by atoms with Crippen molar-refractivity contribution in [1.29, 1.82) is 0 Å². The molecule has 0 spiro atoms. The smallest absolute Gasteiger partial charge is 0.0973 e. The van der Waals surface area contributed by atoms with Crippen LogP contribution in [0, 0.1) is 0 Å². The summed E-state index contributed by atoms with van der Waals surface area (Å²) in [6.45, 7) is 0. The number of hydrogen-bond acceptors (Lipinski definition) is 3. The van der Waals surface area contributed by atoms with E-state index in [0.29, 0.717) is 0 Å². The van der Waals surface area contributed by atoms with E-state index in [0.717, 1.165) is 33.5 Å². The van der Waals surface area contributed by atoms with E-state index in [1.165, 1.54) is 47.5 Å². The molecule has 9 aromatic rings. The highest BCUT2D eigenvalue weighted by atomic mass is 32.1. The molecule has 9 rings (SSSR count). The topological polar surface area (TPSA) is 30.2 Å². The number of fused-ring (bicyclic) bond motifs is 8. The maximum atomic E-state index is 5.19. The first-order valence-corrected chi connectivity index (χ1v) is 14.9. The quantitative estimate of drug-likeness (QED) is 0.213. The van der Waals surface area contributed by atoms with E-state index >= 15 is 0 Å². The molecule has 0 aliphatic carbocycles. The summed E-state index contributed by atoms with van der Waals surface area (Å²) in [5.74, 6) is 0. The number of hydrogen-bond donors (Lipinski definition) is 0. The van der Waals surface area contributed by atoms with E-state index in [-0.39, 0.29) is 0 Å². The number of rotatable bonds is 2. The highest BCUT2D eigenvalue weighted by molar-refractivity contribution is 7.24. The van der Waals surface area contributed by atoms with Crippen molar-refractivity contribution in [2.45, 2.75) is 0 Å². The van der Waals surface area contributed by atoms with Crippen LogP contribution in [0.3, 0.4) is 0 Å². The van der Waals surface area contributed by atoms with Gasteiger partial charge in [-0.1, -0.05) is 97.1 Å². The van der Waals surface area contributed by atoms with Crippen LogP contribution in [0.4, 0.5) is 0 Å². The van der Waals surface area contributed by atoms with E-state index in [1.54, 1.807) is 0 Å². The third kappa shape index (κ3) is 3.46. The SMILES string of the molecule is c1ccc(-c2nc3ccccc3nc2-c2ccc3c(c2)c2cccc4c5ccccc5sc5ccccc5n3c42)cc1. The van der Waals surface area contributed by atoms with Crippen molar-refractivity contribution in [3.8, 4) is 22.5 Å². The Labute approximate surface area is 245 Å². The molecule has 0 bridgehead atoms. The molecule has 0 unspecified atom stereocenters. The fourth-order valence-electron chi connectivity index (χ4n) is 6.31. The molecule has 0 atom stereocenters. The van der Waals surface area contributed by atoms with Gasteiger partial charge in [0.25, 0.3) is 0 Å². The standard InChI is InChI=1S/C38H23N3S/c1-2-11-24(12-3-1)36-37(40-31-17-6-5-16-30(31)39-36)25-21-22-32-29(23-25)28-15-10-14-27-26-13-4-8-19-34(26)42-35-20-9-7-18-33(35)41(32)38(27)28/h1-23H. The lowest BCUT2D eigenvalue weighted by atomic mass is 10.0. The number of aromatic nitrogens is 3. The van der Waals surface area contributed by atoms with Crippen LogP contribution in [-0.4, -0.2) is 14.4 Å². The van der Waals surface area contributed by atoms with E-state index < -0.39 is 0 Å². The minimum Gasteiger partial charge on any atom is -0.307 e. The summed E-state index contributed by atoms with van der Waals surface area (Å²) in [6, 6.07) is 49.5. The van der Waals surface area contributed by atoms with Crippen molar-refractivity contribution in [1.82, 2.24) is 14.4 Å². The molecule has 0 aliphatic heterocycles. The Hall–Kier alpha value is -5.32. The third-order valence-electron chi connectivity index (χ3n) is 8.18. The molecule has 0 N–H and O–H groups in total. The highest BCUT2D eigenvalue weighted by Crippen LogP contribution is 2.40. The predicted molar refractivity (Wildman–Crippen MR) is 178 cm³/mol. The van der Waals surface area contributed by atoms with Crippen LogP contribution in [0.15, 0.2) is 140 Å². The van der Waals surface area contributed by atoms with Gasteiger partial charge >= 0.3 is 0 Å². The van der Waals surface area contributed by atoms with Crippen molar-refractivity contribution >= 4 is 69.9 Å². The molecule has 3 heterocycles. The summed E-state index contributed by atoms with van der Waals surface area (Å²) in [7, 11) is 0. The van der Waals surface area contributed by atoms with Gasteiger partial charge in [0.15, 0.2) is 0 Å². The van der Waals surface area contributed by atoms with Crippen LogP contribution in [-0.2, 0) is 0 Å². The molecular formula is C38H23N3S. The second-order valence-electron chi connectivity index (χ2n) is 10.6. The molecule has 0 amide bonds. The monoisotopic (exact) mass is 553 g/mol. The largest absolute Gasteiger partial charge is 0.307 e. The molecule has 0 saturated carbocycles. The normalized spacial score (nSPS) is 11.8. The van der Waals surface area contributed by atoms with Gasteiger partial charge in [-0.2, -0.15) is 0 Å². The molecule has 3 nitrogen and oxygen atoms in total. The van der Waals surface area contributed by atoms with Gasteiger partial charge in [-0.3, -0.25) is 0 Å². The molecule has 0 radical (unpaired) electrons. The van der Waals surface area contributed by atoms with E-state index in [1.807, 2.05) is 41.7 Å². The minimum atomic E-state index is 0.893. The van der Waals surface area contributed by atoms with E-state index in [2.05, 4.69) is 114 Å². The maximum Gasteiger partial charge on any atom is 0.0973 e. The predicted octanol–water partition coefficient (Wildman–Crippen LogP) is 10.5. The molecule has 0 aliphatic rings. The van der Waals surface area contributed by atoms with Gasteiger partial charge in [0.05, 0.1) is 43.7 Å². The van der Waals surface area contributed by atoms with Gasteiger partial charge in [0.2, 0.25) is 0 Å². The van der Waals surface area contributed by atoms with Crippen molar-refractivity contribution < 1.29 is 0 Å². The summed E-state index contributed by atoms with van der Waals surface area (Å²) in [5, 5.41) is 4.95. The zero-order valence-corrected chi connectivity index (χ0v) is 23.3. The second-order valence-corrected chi connectivity index (χ2v) is 11.7. The van der Waals surface area contributed by atoms with Gasteiger partial charge in [-0.05, 0) is 42.5 Å². The first kappa shape index (κ1) is 23.4. The Morgan fingerprint density at radius 2 is 1.05 bits per heavy atom. The molecule has 196 valence electrons. The second kappa shape index (κ2) is 9.10. The first-order chi connectivity index (χ1) is 20.8. The third-order valence-corrected chi connectivity index (χ3v) is 9.32. The summed E-state index contributed by atoms with van der Waals surface area (Å²) >= 11 is 1.84. The lowest BCUT2D eigenvalue weighted by Gasteiger charge is -2.11. The van der Waals surface area contributed by atoms with Crippen LogP contribution in [0.5, 0.6) is 0 Å². The van der Waals surface area contributed by atoms with Crippen LogP contribution < -0.4 is 0 Å². The molecular weight excluding hydrogens is 531 g/mol. The van der Waals surface area contributed by atoms with E-state index in [9.17, 15) is 0 Å². The van der Waals surface area contributed by atoms with E-state index in [4.69, 9.17) is 9.97 Å². The minimum absolute atomic E-state index is 0.893. The average molecular weight is 554 g/mol. The number of benzene rings is 6. The van der Waals surface area contributed by atoms with Crippen LogP contribution in [0.25, 0.3) is 81.0 Å². The van der Waals surface area contributed by atoms with Crippen LogP contribution in [0.1, 0.15) is 0 Å². The van der Waals surface area contributed by atoms with Crippen molar-refractivity contribution in [2.24, 2.45) is 0 Å². The first-order valence-electron chi connectivity index (χ1n) is 14.1. The lowest BCUT2D eigenvalue weighted by Crippen LogP contribution is -1.95. The lowest BCUT2D eigenvalue weighted by molar-refractivity contribution is 1.29. The van der Waals surface area contributed by atoms with Gasteiger partial charge in [-0.25, -0.2) is 9.97 Å². The molecule has 0 saturated heterocycles. The van der Waals surface area contributed by atoms with Gasteiger partial charge in [0, 0.05) is 37.4 Å². The molecule has 3 aromatic heterocycles. The Morgan fingerprint density at radius 1 is 0.429 bits per heavy atom. The Kier molecular flexibility index (Phi) is 5.07. The van der Waals surface area contributed by atoms with Crippen molar-refractivity contribution in [2.75, 3.05) is 0 Å². The summed E-state index contributed by atoms with van der Waals surface area (Å²) in [6.07, 6.45) is 0. The Bertz CT molecular complexity index is 2520. The summed E-state index contributed by atoms with van der Waals surface area (Å²) in [5.41, 5.74) is 9.32. The van der Waals surface area contributed by atoms with Gasteiger partial charge in [0.1, 0.15) is 0 Å². The molecule has 4 heteroatoms. The highest BCUT2D eigenvalue weighted by Gasteiger charge is 2.18.